The number of cyclic esters (lactones) is 1. The summed E-state index contributed by atoms with van der Waals surface area (Å²) in [7, 11) is 0. The van der Waals surface area contributed by atoms with E-state index in [2.05, 4.69) is 6.92 Å². The van der Waals surface area contributed by atoms with Gasteiger partial charge in [0.15, 0.2) is 0 Å². The van der Waals surface area contributed by atoms with E-state index >= 15 is 0 Å². The van der Waals surface area contributed by atoms with E-state index in [0.29, 0.717) is 18.0 Å². The molecule has 0 saturated carbocycles. The van der Waals surface area contributed by atoms with Crippen molar-refractivity contribution in [1.29, 1.82) is 0 Å². The first-order chi connectivity index (χ1) is 12.0. The van der Waals surface area contributed by atoms with E-state index in [1.165, 1.54) is 12.1 Å². The van der Waals surface area contributed by atoms with Crippen molar-refractivity contribution in [2.24, 2.45) is 5.92 Å². The smallest absolute Gasteiger partial charge is 0.347 e. The Hall–Kier alpha value is -2.64. The Morgan fingerprint density at radius 2 is 2.04 bits per heavy atom. The van der Waals surface area contributed by atoms with Gasteiger partial charge in [-0.15, -0.1) is 0 Å². The third-order valence-electron chi connectivity index (χ3n) is 4.67. The second kappa shape index (κ2) is 7.08. The molecule has 3 rings (SSSR count). The van der Waals surface area contributed by atoms with Crippen molar-refractivity contribution < 1.29 is 24.0 Å². The molecule has 0 aromatic heterocycles. The minimum atomic E-state index is -0.944. The average molecular weight is 348 g/mol. The minimum Gasteiger partial charge on any atom is -0.463 e. The molecule has 0 aliphatic carbocycles. The predicted molar refractivity (Wildman–Crippen MR) is 88.5 cm³/mol. The molecule has 0 spiro atoms. The van der Waals surface area contributed by atoms with Gasteiger partial charge in [0.1, 0.15) is 0 Å². The maximum absolute atomic E-state index is 12.6. The Morgan fingerprint density at radius 1 is 1.32 bits per heavy atom. The maximum Gasteiger partial charge on any atom is 0.347 e. The molecule has 0 N–H and O–H groups in total. The van der Waals surface area contributed by atoms with Crippen LogP contribution >= 0.6 is 0 Å². The number of nitro benzene ring substituents is 1. The zero-order chi connectivity index (χ0) is 18.0. The number of hydrogen-bond donors (Lipinski definition) is 0. The first-order valence-electron chi connectivity index (χ1n) is 8.36. The van der Waals surface area contributed by atoms with Crippen LogP contribution in [0.5, 0.6) is 0 Å². The van der Waals surface area contributed by atoms with Gasteiger partial charge in [-0.05, 0) is 24.8 Å². The van der Waals surface area contributed by atoms with Crippen LogP contribution in [0.1, 0.15) is 36.5 Å². The van der Waals surface area contributed by atoms with Gasteiger partial charge < -0.3 is 14.4 Å². The van der Waals surface area contributed by atoms with Crippen molar-refractivity contribution in [3.05, 3.63) is 33.9 Å². The maximum atomic E-state index is 12.6. The first-order valence-corrected chi connectivity index (χ1v) is 8.36. The molecule has 0 unspecified atom stereocenters. The van der Waals surface area contributed by atoms with Gasteiger partial charge >= 0.3 is 11.9 Å². The van der Waals surface area contributed by atoms with Gasteiger partial charge in [-0.25, -0.2) is 9.59 Å². The molecule has 2 aliphatic rings. The third-order valence-corrected chi connectivity index (χ3v) is 4.67. The Kier molecular flexibility index (Phi) is 4.87. The van der Waals surface area contributed by atoms with Gasteiger partial charge in [-0.3, -0.25) is 10.1 Å². The molecule has 2 fully saturated rings. The quantitative estimate of drug-likeness (QED) is 0.467. The SMILES string of the molecule is CC1CCN(c2ccc([N+](=O)[O-])cc2C(=O)O[C@H]2CCOC2=O)CC1. The molecule has 25 heavy (non-hydrogen) atoms. The van der Waals surface area contributed by atoms with E-state index < -0.39 is 23.0 Å². The van der Waals surface area contributed by atoms with Crippen LogP contribution in [0.25, 0.3) is 0 Å². The van der Waals surface area contributed by atoms with Crippen LogP contribution in [-0.4, -0.2) is 42.7 Å². The molecule has 1 atom stereocenters. The lowest BCUT2D eigenvalue weighted by molar-refractivity contribution is -0.384. The number of carbonyl (C=O) groups excluding carboxylic acids is 2. The van der Waals surface area contributed by atoms with Gasteiger partial charge in [-0.2, -0.15) is 0 Å². The minimum absolute atomic E-state index is 0.114. The van der Waals surface area contributed by atoms with Crippen molar-refractivity contribution in [2.45, 2.75) is 32.3 Å². The van der Waals surface area contributed by atoms with Crippen molar-refractivity contribution >= 4 is 23.3 Å². The molecule has 2 heterocycles. The highest BCUT2D eigenvalue weighted by Gasteiger charge is 2.32. The Bertz CT molecular complexity index is 696. The fourth-order valence-electron chi connectivity index (χ4n) is 3.10. The first kappa shape index (κ1) is 17.2. The summed E-state index contributed by atoms with van der Waals surface area (Å²) in [5.74, 6) is -0.703. The van der Waals surface area contributed by atoms with Crippen LogP contribution in [0.2, 0.25) is 0 Å². The summed E-state index contributed by atoms with van der Waals surface area (Å²) >= 11 is 0. The number of nitrogens with zero attached hydrogens (tertiary/aromatic N) is 2. The lowest BCUT2D eigenvalue weighted by Gasteiger charge is -2.33. The molecule has 8 heteroatoms. The Balaban J connectivity index is 1.88. The molecule has 0 radical (unpaired) electrons. The van der Waals surface area contributed by atoms with Gasteiger partial charge in [0.2, 0.25) is 6.10 Å². The Morgan fingerprint density at radius 3 is 2.64 bits per heavy atom. The summed E-state index contributed by atoms with van der Waals surface area (Å²) in [4.78, 5) is 36.6. The van der Waals surface area contributed by atoms with E-state index in [0.717, 1.165) is 25.9 Å². The van der Waals surface area contributed by atoms with Crippen molar-refractivity contribution in [3.63, 3.8) is 0 Å². The number of anilines is 1. The highest BCUT2D eigenvalue weighted by Crippen LogP contribution is 2.30. The van der Waals surface area contributed by atoms with Gasteiger partial charge in [0.05, 0.1) is 22.8 Å². The van der Waals surface area contributed by atoms with E-state index in [4.69, 9.17) is 9.47 Å². The predicted octanol–water partition coefficient (Wildman–Crippen LogP) is 2.30. The number of ether oxygens (including phenoxy) is 2. The van der Waals surface area contributed by atoms with Crippen molar-refractivity contribution in [2.75, 3.05) is 24.6 Å². The molecule has 1 aromatic carbocycles. The van der Waals surface area contributed by atoms with Gasteiger partial charge in [0, 0.05) is 31.6 Å². The second-order valence-electron chi connectivity index (χ2n) is 6.48. The molecule has 0 bridgehead atoms. The van der Waals surface area contributed by atoms with Gasteiger partial charge in [-0.1, -0.05) is 6.92 Å². The van der Waals surface area contributed by atoms with Gasteiger partial charge in [0.25, 0.3) is 5.69 Å². The number of piperidine rings is 1. The summed E-state index contributed by atoms with van der Waals surface area (Å²) < 4.78 is 10.0. The number of carbonyl (C=O) groups is 2. The van der Waals surface area contributed by atoms with Crippen molar-refractivity contribution in [1.82, 2.24) is 0 Å². The monoisotopic (exact) mass is 348 g/mol. The van der Waals surface area contributed by atoms with E-state index in [-0.39, 0.29) is 17.9 Å². The zero-order valence-corrected chi connectivity index (χ0v) is 14.0. The van der Waals surface area contributed by atoms with Crippen LogP contribution in [0.3, 0.4) is 0 Å². The fourth-order valence-corrected chi connectivity index (χ4v) is 3.10. The van der Waals surface area contributed by atoms with E-state index in [1.54, 1.807) is 6.07 Å². The van der Waals surface area contributed by atoms with E-state index in [1.807, 2.05) is 4.90 Å². The number of hydrogen-bond acceptors (Lipinski definition) is 7. The number of esters is 2. The van der Waals surface area contributed by atoms with Crippen LogP contribution in [0.4, 0.5) is 11.4 Å². The number of rotatable bonds is 4. The number of benzene rings is 1. The van der Waals surface area contributed by atoms with Crippen LogP contribution in [-0.2, 0) is 14.3 Å². The van der Waals surface area contributed by atoms with Crippen LogP contribution in [0, 0.1) is 16.0 Å². The lowest BCUT2D eigenvalue weighted by atomic mass is 9.98. The van der Waals surface area contributed by atoms with Crippen LogP contribution in [0.15, 0.2) is 18.2 Å². The molecular formula is C17H20N2O6. The topological polar surface area (TPSA) is 99.0 Å². The zero-order valence-electron chi connectivity index (χ0n) is 14.0. The molecule has 2 saturated heterocycles. The fraction of sp³-hybridized carbons (Fsp3) is 0.529. The molecule has 134 valence electrons. The summed E-state index contributed by atoms with van der Waals surface area (Å²) in [6, 6.07) is 4.18. The lowest BCUT2D eigenvalue weighted by Crippen LogP contribution is -2.34. The number of nitro groups is 1. The summed E-state index contributed by atoms with van der Waals surface area (Å²) in [6.07, 6.45) is 1.33. The molecule has 0 amide bonds. The van der Waals surface area contributed by atoms with E-state index in [9.17, 15) is 19.7 Å². The molecule has 1 aromatic rings. The van der Waals surface area contributed by atoms with Crippen molar-refractivity contribution in [3.8, 4) is 0 Å². The Labute approximate surface area is 144 Å². The highest BCUT2D eigenvalue weighted by atomic mass is 16.6. The normalized spacial score (nSPS) is 21.1. The summed E-state index contributed by atoms with van der Waals surface area (Å²) in [5.41, 5.74) is 0.535. The number of non-ortho nitro benzene ring substituents is 1. The largest absolute Gasteiger partial charge is 0.463 e. The molecule has 2 aliphatic heterocycles. The summed E-state index contributed by atoms with van der Waals surface area (Å²) in [6.45, 7) is 3.92. The molecular weight excluding hydrogens is 328 g/mol. The highest BCUT2D eigenvalue weighted by molar-refractivity contribution is 5.98. The average Bonchev–Trinajstić information content (AvgIpc) is 3.00. The van der Waals surface area contributed by atoms with Crippen LogP contribution < -0.4 is 4.90 Å². The second-order valence-corrected chi connectivity index (χ2v) is 6.48. The third kappa shape index (κ3) is 3.72. The standard InChI is InChI=1S/C17H20N2O6/c1-11-4-7-18(8-5-11)14-3-2-12(19(22)23)10-13(14)16(20)25-15-6-9-24-17(15)21/h2-3,10-11,15H,4-9H2,1H3/t15-/m0/s1. The molecule has 8 nitrogen and oxygen atoms in total. The summed E-state index contributed by atoms with van der Waals surface area (Å²) in [5, 5.41) is 11.1.